The first-order valence-corrected chi connectivity index (χ1v) is 9.66. The smallest absolute Gasteiger partial charge is 0.269 e. The fraction of sp³-hybridized carbons (Fsp3) is 0.579. The molecule has 152 valence electrons. The average molecular weight is 389 g/mol. The molecular formula is C19H27N5O4. The van der Waals surface area contributed by atoms with Crippen molar-refractivity contribution >= 4 is 17.6 Å². The van der Waals surface area contributed by atoms with Crippen molar-refractivity contribution < 1.29 is 14.5 Å². The largest absolute Gasteiger partial charge is 0.376 e. The Kier molecular flexibility index (Phi) is 6.80. The molecule has 1 aromatic rings. The number of carbonyl (C=O) groups is 1. The molecule has 2 fully saturated rings. The lowest BCUT2D eigenvalue weighted by atomic mass is 10.2. The summed E-state index contributed by atoms with van der Waals surface area (Å²) >= 11 is 0. The normalized spacial score (nSPS) is 20.3. The van der Waals surface area contributed by atoms with Crippen LogP contribution in [0, 0.1) is 10.1 Å². The monoisotopic (exact) mass is 389 g/mol. The van der Waals surface area contributed by atoms with Crippen molar-refractivity contribution in [3.05, 3.63) is 39.9 Å². The summed E-state index contributed by atoms with van der Waals surface area (Å²) in [5.74, 6) is 0.883. The van der Waals surface area contributed by atoms with Crippen LogP contribution in [0.2, 0.25) is 0 Å². The van der Waals surface area contributed by atoms with E-state index in [9.17, 15) is 14.9 Å². The number of ether oxygens (including phenoxy) is 1. The predicted octanol–water partition coefficient (Wildman–Crippen LogP) is 1.38. The lowest BCUT2D eigenvalue weighted by Gasteiger charge is -2.36. The second kappa shape index (κ2) is 9.50. The number of aliphatic imine (C=N–C) groups is 1. The molecule has 9 nitrogen and oxygen atoms in total. The number of guanidine groups is 1. The van der Waals surface area contributed by atoms with Crippen LogP contribution in [0.3, 0.4) is 0 Å². The zero-order valence-corrected chi connectivity index (χ0v) is 16.2. The Balaban J connectivity index is 1.64. The molecule has 1 amide bonds. The molecule has 0 saturated carbocycles. The first kappa shape index (κ1) is 20.1. The molecule has 0 aromatic heterocycles. The first-order chi connectivity index (χ1) is 13.5. The Morgan fingerprint density at radius 2 is 1.93 bits per heavy atom. The van der Waals surface area contributed by atoms with Crippen LogP contribution in [0.1, 0.15) is 25.3 Å². The second-order valence-electron chi connectivity index (χ2n) is 7.07. The van der Waals surface area contributed by atoms with Crippen molar-refractivity contribution in [2.24, 2.45) is 4.99 Å². The number of piperazine rings is 1. The number of nitro groups is 1. The third kappa shape index (κ3) is 5.41. The number of carbonyl (C=O) groups excluding carboxylic acids is 1. The highest BCUT2D eigenvalue weighted by Gasteiger charge is 2.22. The Bertz CT molecular complexity index is 708. The summed E-state index contributed by atoms with van der Waals surface area (Å²) in [6, 6.07) is 6.45. The van der Waals surface area contributed by atoms with Gasteiger partial charge in [0, 0.05) is 58.4 Å². The summed E-state index contributed by atoms with van der Waals surface area (Å²) in [4.78, 5) is 30.7. The summed E-state index contributed by atoms with van der Waals surface area (Å²) in [5.41, 5.74) is 0.981. The molecule has 0 radical (unpaired) electrons. The summed E-state index contributed by atoms with van der Waals surface area (Å²) in [6.07, 6.45) is 2.32. The number of non-ortho nitro benzene ring substituents is 1. The van der Waals surface area contributed by atoms with Crippen LogP contribution in [0.15, 0.2) is 29.3 Å². The zero-order chi connectivity index (χ0) is 19.9. The van der Waals surface area contributed by atoms with Crippen LogP contribution >= 0.6 is 0 Å². The minimum absolute atomic E-state index is 0.0739. The van der Waals surface area contributed by atoms with Gasteiger partial charge < -0.3 is 19.9 Å². The van der Waals surface area contributed by atoms with E-state index in [4.69, 9.17) is 9.73 Å². The van der Waals surface area contributed by atoms with E-state index < -0.39 is 4.92 Å². The van der Waals surface area contributed by atoms with E-state index in [1.807, 2.05) is 4.90 Å². The number of nitro benzene ring substituents is 1. The molecule has 3 rings (SSSR count). The van der Waals surface area contributed by atoms with E-state index >= 15 is 0 Å². The SMILES string of the molecule is CC(=O)N1CCN(C(=NCc2ccc([N+](=O)[O-])cc2)NCC2CCCO2)CC1. The molecule has 1 unspecified atom stereocenters. The molecule has 2 aliphatic heterocycles. The van der Waals surface area contributed by atoms with E-state index in [1.54, 1.807) is 19.1 Å². The summed E-state index contributed by atoms with van der Waals surface area (Å²) in [5, 5.41) is 14.2. The summed E-state index contributed by atoms with van der Waals surface area (Å²) in [6.45, 7) is 6.31. The van der Waals surface area contributed by atoms with Gasteiger partial charge in [-0.15, -0.1) is 0 Å². The predicted molar refractivity (Wildman–Crippen MR) is 105 cm³/mol. The first-order valence-electron chi connectivity index (χ1n) is 9.66. The molecule has 28 heavy (non-hydrogen) atoms. The van der Waals surface area contributed by atoms with Gasteiger partial charge >= 0.3 is 0 Å². The molecule has 1 atom stereocenters. The van der Waals surface area contributed by atoms with Crippen molar-refractivity contribution in [2.75, 3.05) is 39.3 Å². The lowest BCUT2D eigenvalue weighted by molar-refractivity contribution is -0.384. The Morgan fingerprint density at radius 3 is 2.50 bits per heavy atom. The molecule has 0 spiro atoms. The van der Waals surface area contributed by atoms with Crippen LogP contribution in [0.5, 0.6) is 0 Å². The molecule has 2 aliphatic rings. The number of hydrogen-bond acceptors (Lipinski definition) is 5. The van der Waals surface area contributed by atoms with E-state index in [1.165, 1.54) is 12.1 Å². The van der Waals surface area contributed by atoms with E-state index in [0.717, 1.165) is 44.1 Å². The highest BCUT2D eigenvalue weighted by atomic mass is 16.6. The van der Waals surface area contributed by atoms with Gasteiger partial charge in [0.1, 0.15) is 0 Å². The van der Waals surface area contributed by atoms with Gasteiger partial charge in [-0.3, -0.25) is 14.9 Å². The molecule has 2 heterocycles. The topological polar surface area (TPSA) is 100 Å². The maximum absolute atomic E-state index is 11.6. The molecule has 9 heteroatoms. The third-order valence-electron chi connectivity index (χ3n) is 5.09. The highest BCUT2D eigenvalue weighted by molar-refractivity contribution is 5.80. The zero-order valence-electron chi connectivity index (χ0n) is 16.2. The van der Waals surface area contributed by atoms with Gasteiger partial charge in [-0.05, 0) is 18.4 Å². The van der Waals surface area contributed by atoms with Crippen molar-refractivity contribution in [3.8, 4) is 0 Å². The van der Waals surface area contributed by atoms with Gasteiger partial charge in [-0.25, -0.2) is 4.99 Å². The van der Waals surface area contributed by atoms with E-state index in [-0.39, 0.29) is 17.7 Å². The highest BCUT2D eigenvalue weighted by Crippen LogP contribution is 2.14. The van der Waals surface area contributed by atoms with Crippen LogP contribution in [-0.4, -0.2) is 72.0 Å². The van der Waals surface area contributed by atoms with Gasteiger partial charge in [0.05, 0.1) is 17.6 Å². The fourth-order valence-electron chi connectivity index (χ4n) is 3.40. The minimum Gasteiger partial charge on any atom is -0.376 e. The number of nitrogens with one attached hydrogen (secondary N) is 1. The quantitative estimate of drug-likeness (QED) is 0.353. The number of hydrogen-bond donors (Lipinski definition) is 1. The lowest BCUT2D eigenvalue weighted by Crippen LogP contribution is -2.54. The molecule has 0 bridgehead atoms. The van der Waals surface area contributed by atoms with Crippen molar-refractivity contribution in [1.82, 2.24) is 15.1 Å². The summed E-state index contributed by atoms with van der Waals surface area (Å²) < 4.78 is 5.68. The van der Waals surface area contributed by atoms with Crippen LogP contribution in [0.4, 0.5) is 5.69 Å². The van der Waals surface area contributed by atoms with E-state index in [2.05, 4.69) is 10.2 Å². The van der Waals surface area contributed by atoms with Crippen LogP contribution in [-0.2, 0) is 16.1 Å². The van der Waals surface area contributed by atoms with Crippen molar-refractivity contribution in [3.63, 3.8) is 0 Å². The van der Waals surface area contributed by atoms with Crippen molar-refractivity contribution in [2.45, 2.75) is 32.4 Å². The average Bonchev–Trinajstić information content (AvgIpc) is 3.22. The molecule has 0 aliphatic carbocycles. The maximum atomic E-state index is 11.6. The Morgan fingerprint density at radius 1 is 1.25 bits per heavy atom. The fourth-order valence-corrected chi connectivity index (χ4v) is 3.40. The van der Waals surface area contributed by atoms with Gasteiger partial charge in [-0.2, -0.15) is 0 Å². The minimum atomic E-state index is -0.407. The third-order valence-corrected chi connectivity index (χ3v) is 5.09. The van der Waals surface area contributed by atoms with Gasteiger partial charge in [0.2, 0.25) is 5.91 Å². The number of nitrogens with zero attached hydrogens (tertiary/aromatic N) is 4. The van der Waals surface area contributed by atoms with Gasteiger partial charge in [-0.1, -0.05) is 12.1 Å². The molecular weight excluding hydrogens is 362 g/mol. The molecule has 1 aromatic carbocycles. The maximum Gasteiger partial charge on any atom is 0.269 e. The second-order valence-corrected chi connectivity index (χ2v) is 7.07. The molecule has 1 N–H and O–H groups in total. The van der Waals surface area contributed by atoms with Crippen LogP contribution in [0.25, 0.3) is 0 Å². The number of amides is 1. The molecule has 2 saturated heterocycles. The van der Waals surface area contributed by atoms with Gasteiger partial charge in [0.25, 0.3) is 5.69 Å². The van der Waals surface area contributed by atoms with Crippen molar-refractivity contribution in [1.29, 1.82) is 0 Å². The van der Waals surface area contributed by atoms with Gasteiger partial charge in [0.15, 0.2) is 5.96 Å². The Hall–Kier alpha value is -2.68. The van der Waals surface area contributed by atoms with E-state index in [0.29, 0.717) is 26.2 Å². The van der Waals surface area contributed by atoms with Crippen LogP contribution < -0.4 is 5.32 Å². The number of rotatable bonds is 5. The number of benzene rings is 1. The standard InChI is InChI=1S/C19H27N5O4/c1-15(25)22-8-10-23(11-9-22)19(21-14-18-3-2-12-28-18)20-13-16-4-6-17(7-5-16)24(26)27/h4-7,18H,2-3,8-14H2,1H3,(H,20,21). The summed E-state index contributed by atoms with van der Waals surface area (Å²) in [7, 11) is 0. The Labute approximate surface area is 164 Å².